The minimum absolute atomic E-state index is 0.0556. The van der Waals surface area contributed by atoms with Crippen LogP contribution in [0.25, 0.3) is 5.57 Å². The highest BCUT2D eigenvalue weighted by Gasteiger charge is 2.27. The van der Waals surface area contributed by atoms with Crippen LogP contribution in [0, 0.1) is 22.7 Å². The Kier molecular flexibility index (Phi) is 8.19. The Morgan fingerprint density at radius 3 is 2.20 bits per heavy atom. The number of nitrogens with zero attached hydrogens (tertiary/aromatic N) is 4. The number of nitrogens with one attached hydrogen (secondary N) is 1. The Bertz CT molecular complexity index is 1660. The summed E-state index contributed by atoms with van der Waals surface area (Å²) >= 11 is 1.73. The number of fused-ring (bicyclic) bond motifs is 1. The molecule has 2 aromatic carbocycles. The number of benzene rings is 2. The van der Waals surface area contributed by atoms with Gasteiger partial charge in [-0.3, -0.25) is 9.78 Å². The summed E-state index contributed by atoms with van der Waals surface area (Å²) in [7, 11) is 3.16. The van der Waals surface area contributed by atoms with Gasteiger partial charge >= 0.3 is 0 Å². The number of thioether (sulfide) groups is 1. The number of rotatable bonds is 8. The van der Waals surface area contributed by atoms with E-state index in [9.17, 15) is 15.3 Å². The number of anilines is 1. The van der Waals surface area contributed by atoms with E-state index in [0.29, 0.717) is 28.5 Å². The molecule has 1 atom stereocenters. The standard InChI is InChI=1S/C32H25N5O3S/c1-39-26-9-5-21(6-10-26)30(22-7-11-27(40-2)12-8-22)24(17-33)16-25(18-34)31(38)36-28-13-15-37-29(28)20-41-32(37)23-4-3-14-35-19-23/h3-16,19,32H,20H2,1-2H3,(H,36,38)/t32-/m1/s1. The van der Waals surface area contributed by atoms with Crippen molar-refractivity contribution >= 4 is 28.9 Å². The highest BCUT2D eigenvalue weighted by molar-refractivity contribution is 7.99. The second-order valence-electron chi connectivity index (χ2n) is 9.01. The largest absolute Gasteiger partial charge is 0.497 e. The van der Waals surface area contributed by atoms with Crippen molar-refractivity contribution in [3.8, 4) is 23.6 Å². The van der Waals surface area contributed by atoms with Crippen LogP contribution in [0.3, 0.4) is 0 Å². The summed E-state index contributed by atoms with van der Waals surface area (Å²) in [5.74, 6) is 1.43. The van der Waals surface area contributed by atoms with E-state index in [1.54, 1.807) is 56.4 Å². The monoisotopic (exact) mass is 559 g/mol. The molecule has 0 unspecified atom stereocenters. The number of aromatic nitrogens is 2. The van der Waals surface area contributed by atoms with Crippen LogP contribution in [0.5, 0.6) is 11.5 Å². The quantitative estimate of drug-likeness (QED) is 0.157. The van der Waals surface area contributed by atoms with E-state index in [-0.39, 0.29) is 16.5 Å². The number of nitriles is 2. The Labute approximate surface area is 242 Å². The van der Waals surface area contributed by atoms with E-state index in [1.807, 2.05) is 60.9 Å². The van der Waals surface area contributed by atoms with E-state index < -0.39 is 5.91 Å². The lowest BCUT2D eigenvalue weighted by molar-refractivity contribution is -0.112. The second kappa shape index (κ2) is 12.3. The van der Waals surface area contributed by atoms with Gasteiger partial charge in [0.2, 0.25) is 0 Å². The van der Waals surface area contributed by atoms with Gasteiger partial charge in [0, 0.05) is 35.5 Å². The van der Waals surface area contributed by atoms with Gasteiger partial charge in [0.15, 0.2) is 0 Å². The zero-order valence-electron chi connectivity index (χ0n) is 22.4. The lowest BCUT2D eigenvalue weighted by Crippen LogP contribution is -2.14. The van der Waals surface area contributed by atoms with Crippen LogP contribution in [0.1, 0.15) is 27.8 Å². The summed E-state index contributed by atoms with van der Waals surface area (Å²) in [6.45, 7) is 0. The molecule has 1 aliphatic heterocycles. The minimum Gasteiger partial charge on any atom is -0.497 e. The molecule has 41 heavy (non-hydrogen) atoms. The van der Waals surface area contributed by atoms with Crippen molar-refractivity contribution in [2.24, 2.45) is 0 Å². The van der Waals surface area contributed by atoms with E-state index in [2.05, 4.69) is 20.9 Å². The Hall–Kier alpha value is -5.25. The Morgan fingerprint density at radius 1 is 1.00 bits per heavy atom. The van der Waals surface area contributed by atoms with Gasteiger partial charge < -0.3 is 19.4 Å². The maximum Gasteiger partial charge on any atom is 0.266 e. The van der Waals surface area contributed by atoms with Crippen LogP contribution in [0.4, 0.5) is 5.69 Å². The molecule has 202 valence electrons. The first-order valence-corrected chi connectivity index (χ1v) is 13.7. The maximum atomic E-state index is 13.3. The van der Waals surface area contributed by atoms with Crippen molar-refractivity contribution in [2.45, 2.75) is 11.1 Å². The second-order valence-corrected chi connectivity index (χ2v) is 10.1. The van der Waals surface area contributed by atoms with Crippen molar-refractivity contribution in [1.29, 1.82) is 10.5 Å². The predicted octanol–water partition coefficient (Wildman–Crippen LogP) is 6.11. The fraction of sp³-hybridized carbons (Fsp3) is 0.125. The molecule has 1 amide bonds. The number of carbonyl (C=O) groups excluding carboxylic acids is 1. The van der Waals surface area contributed by atoms with E-state index in [0.717, 1.165) is 22.4 Å². The molecule has 1 aliphatic rings. The maximum absolute atomic E-state index is 13.3. The zero-order valence-corrected chi connectivity index (χ0v) is 23.2. The highest BCUT2D eigenvalue weighted by atomic mass is 32.2. The topological polar surface area (TPSA) is 113 Å². The smallest absolute Gasteiger partial charge is 0.266 e. The number of ether oxygens (including phenoxy) is 2. The summed E-state index contributed by atoms with van der Waals surface area (Å²) in [4.78, 5) is 17.5. The van der Waals surface area contributed by atoms with Crippen molar-refractivity contribution in [2.75, 3.05) is 19.5 Å². The summed E-state index contributed by atoms with van der Waals surface area (Å²) in [6, 6.07) is 24.4. The van der Waals surface area contributed by atoms with Gasteiger partial charge in [-0.25, -0.2) is 0 Å². The van der Waals surface area contributed by atoms with Gasteiger partial charge in [-0.1, -0.05) is 30.3 Å². The third-order valence-electron chi connectivity index (χ3n) is 6.67. The van der Waals surface area contributed by atoms with Gasteiger partial charge in [-0.05, 0) is 53.6 Å². The van der Waals surface area contributed by atoms with Gasteiger partial charge in [0.25, 0.3) is 5.91 Å². The van der Waals surface area contributed by atoms with Crippen molar-refractivity contribution in [3.05, 3.63) is 125 Å². The number of carbonyl (C=O) groups is 1. The first-order valence-electron chi connectivity index (χ1n) is 12.6. The van der Waals surface area contributed by atoms with Crippen molar-refractivity contribution in [3.63, 3.8) is 0 Å². The van der Waals surface area contributed by atoms with Gasteiger partial charge in [-0.2, -0.15) is 10.5 Å². The molecule has 0 fully saturated rings. The van der Waals surface area contributed by atoms with Crippen LogP contribution < -0.4 is 14.8 Å². The molecular formula is C32H25N5O3S. The predicted molar refractivity (Wildman–Crippen MR) is 158 cm³/mol. The number of pyridine rings is 1. The molecule has 1 N–H and O–H groups in total. The molecule has 0 aliphatic carbocycles. The normalized spacial score (nSPS) is 13.9. The van der Waals surface area contributed by atoms with Crippen LogP contribution in [0.2, 0.25) is 0 Å². The lowest BCUT2D eigenvalue weighted by Gasteiger charge is -2.12. The Balaban J connectivity index is 1.49. The third kappa shape index (κ3) is 5.72. The molecule has 5 rings (SSSR count). The van der Waals surface area contributed by atoms with E-state index >= 15 is 0 Å². The van der Waals surface area contributed by atoms with E-state index in [4.69, 9.17) is 9.47 Å². The number of hydrogen-bond donors (Lipinski definition) is 1. The number of amides is 1. The number of hydrogen-bond acceptors (Lipinski definition) is 7. The lowest BCUT2D eigenvalue weighted by atomic mass is 9.92. The molecule has 0 saturated heterocycles. The van der Waals surface area contributed by atoms with Gasteiger partial charge in [-0.15, -0.1) is 11.8 Å². The summed E-state index contributed by atoms with van der Waals surface area (Å²) in [6.07, 6.45) is 6.83. The van der Waals surface area contributed by atoms with Crippen LogP contribution in [-0.4, -0.2) is 29.7 Å². The molecule has 3 heterocycles. The minimum atomic E-state index is -0.590. The Morgan fingerprint density at radius 2 is 1.66 bits per heavy atom. The fourth-order valence-corrected chi connectivity index (χ4v) is 5.93. The highest BCUT2D eigenvalue weighted by Crippen LogP contribution is 2.43. The molecule has 2 aromatic heterocycles. The van der Waals surface area contributed by atoms with Crippen LogP contribution in [-0.2, 0) is 10.5 Å². The molecule has 8 nitrogen and oxygen atoms in total. The average Bonchev–Trinajstić information content (AvgIpc) is 3.63. The summed E-state index contributed by atoms with van der Waals surface area (Å²) < 4.78 is 12.7. The summed E-state index contributed by atoms with van der Waals surface area (Å²) in [5, 5.41) is 23.1. The molecule has 0 spiro atoms. The summed E-state index contributed by atoms with van der Waals surface area (Å²) in [5.41, 5.74) is 4.65. The zero-order chi connectivity index (χ0) is 28.8. The fourth-order valence-electron chi connectivity index (χ4n) is 4.62. The van der Waals surface area contributed by atoms with Gasteiger partial charge in [0.1, 0.15) is 28.5 Å². The first kappa shape index (κ1) is 27.3. The van der Waals surface area contributed by atoms with Crippen molar-refractivity contribution < 1.29 is 14.3 Å². The molecule has 4 aromatic rings. The SMILES string of the molecule is COc1ccc(C(=C(C#N)C=C(C#N)C(=O)Nc2ccn3c2CS[C@@H]3c2cccnc2)c2ccc(OC)cc2)cc1. The molecular weight excluding hydrogens is 534 g/mol. The average molecular weight is 560 g/mol. The third-order valence-corrected chi connectivity index (χ3v) is 7.93. The number of methoxy groups -OCH3 is 2. The van der Waals surface area contributed by atoms with Gasteiger partial charge in [0.05, 0.1) is 37.2 Å². The number of allylic oxidation sites excluding steroid dienone is 2. The molecule has 9 heteroatoms. The van der Waals surface area contributed by atoms with Crippen molar-refractivity contribution in [1.82, 2.24) is 9.55 Å². The van der Waals surface area contributed by atoms with E-state index in [1.165, 1.54) is 6.08 Å². The van der Waals surface area contributed by atoms with Crippen LogP contribution in [0.15, 0.2) is 103 Å². The molecule has 0 bridgehead atoms. The molecule has 0 radical (unpaired) electrons. The first-order chi connectivity index (χ1) is 20.1. The van der Waals surface area contributed by atoms with Crippen LogP contribution >= 0.6 is 11.8 Å². The molecule has 0 saturated carbocycles.